The highest BCUT2D eigenvalue weighted by Gasteiger charge is 2.30. The molecule has 0 unspecified atom stereocenters. The van der Waals surface area contributed by atoms with Crippen molar-refractivity contribution < 1.29 is 13.2 Å². The molecule has 9 heteroatoms. The molecule has 0 saturated carbocycles. The summed E-state index contributed by atoms with van der Waals surface area (Å²) in [5.41, 5.74) is 8.19. The van der Waals surface area contributed by atoms with E-state index >= 15 is 0 Å². The lowest BCUT2D eigenvalue weighted by atomic mass is 10.1. The van der Waals surface area contributed by atoms with Crippen LogP contribution >= 0.6 is 0 Å². The Balaban J connectivity index is 1.70. The summed E-state index contributed by atoms with van der Waals surface area (Å²) in [6, 6.07) is 8.84. The number of piperidine rings is 1. The highest BCUT2D eigenvalue weighted by Crippen LogP contribution is 2.31. The molecule has 3 heterocycles. The van der Waals surface area contributed by atoms with E-state index in [-0.39, 0.29) is 6.04 Å². The lowest BCUT2D eigenvalue weighted by Crippen LogP contribution is -2.39. The van der Waals surface area contributed by atoms with E-state index in [0.29, 0.717) is 12.2 Å². The third kappa shape index (κ3) is 4.30. The van der Waals surface area contributed by atoms with Gasteiger partial charge in [0.25, 0.3) is 0 Å². The normalized spacial score (nSPS) is 16.3. The van der Waals surface area contributed by atoms with Crippen LogP contribution in [0.15, 0.2) is 48.8 Å². The summed E-state index contributed by atoms with van der Waals surface area (Å²) in [5.74, 6) is 0. The molecule has 1 aliphatic heterocycles. The first kappa shape index (κ1) is 19.5. The van der Waals surface area contributed by atoms with Gasteiger partial charge in [-0.2, -0.15) is 13.2 Å². The third-order valence-electron chi connectivity index (χ3n) is 5.14. The number of rotatable bonds is 4. The van der Waals surface area contributed by atoms with Gasteiger partial charge < -0.3 is 5.73 Å². The lowest BCUT2D eigenvalue weighted by molar-refractivity contribution is -0.137. The summed E-state index contributed by atoms with van der Waals surface area (Å²) in [5, 5.41) is 8.60. The lowest BCUT2D eigenvalue weighted by Gasteiger charge is -2.29. The first-order valence-electron chi connectivity index (χ1n) is 9.42. The zero-order valence-electron chi connectivity index (χ0n) is 15.7. The molecule has 2 N–H and O–H groups in total. The van der Waals surface area contributed by atoms with Crippen molar-refractivity contribution in [1.29, 1.82) is 0 Å². The summed E-state index contributed by atoms with van der Waals surface area (Å²) in [6.45, 7) is 2.36. The van der Waals surface area contributed by atoms with Gasteiger partial charge in [-0.05, 0) is 49.2 Å². The molecule has 1 aliphatic rings. The largest absolute Gasteiger partial charge is 0.416 e. The molecule has 2 aromatic heterocycles. The molecular weight excluding hydrogens is 381 g/mol. The van der Waals surface area contributed by atoms with E-state index in [1.54, 1.807) is 17.1 Å². The van der Waals surface area contributed by atoms with E-state index in [9.17, 15) is 13.2 Å². The van der Waals surface area contributed by atoms with Crippen LogP contribution in [0.4, 0.5) is 13.2 Å². The van der Waals surface area contributed by atoms with E-state index in [4.69, 9.17) is 5.73 Å². The quantitative estimate of drug-likeness (QED) is 0.725. The monoisotopic (exact) mass is 402 g/mol. The zero-order valence-corrected chi connectivity index (χ0v) is 15.7. The molecule has 0 amide bonds. The molecule has 0 bridgehead atoms. The van der Waals surface area contributed by atoms with E-state index in [0.717, 1.165) is 55.0 Å². The smallest absolute Gasteiger partial charge is 0.328 e. The number of nitrogens with two attached hydrogens (primary N) is 1. The van der Waals surface area contributed by atoms with Crippen molar-refractivity contribution >= 4 is 0 Å². The Bertz CT molecular complexity index is 945. The average Bonchev–Trinajstić information content (AvgIpc) is 3.13. The van der Waals surface area contributed by atoms with Gasteiger partial charge in [0, 0.05) is 43.6 Å². The fourth-order valence-corrected chi connectivity index (χ4v) is 3.51. The minimum absolute atomic E-state index is 0.230. The van der Waals surface area contributed by atoms with Crippen LogP contribution in [0.5, 0.6) is 0 Å². The Hall–Kier alpha value is -2.78. The molecule has 1 fully saturated rings. The molecule has 0 aliphatic carbocycles. The first-order valence-corrected chi connectivity index (χ1v) is 9.42. The number of likely N-dealkylation sites (tertiary alicyclic amines) is 1. The Morgan fingerprint density at radius 1 is 1.00 bits per heavy atom. The summed E-state index contributed by atoms with van der Waals surface area (Å²) >= 11 is 0. The Morgan fingerprint density at radius 3 is 2.28 bits per heavy atom. The molecule has 0 spiro atoms. The summed E-state index contributed by atoms with van der Waals surface area (Å²) in [4.78, 5) is 6.32. The number of hydrogen-bond acceptors (Lipinski definition) is 5. The first-order chi connectivity index (χ1) is 13.9. The molecule has 152 valence electrons. The van der Waals surface area contributed by atoms with E-state index in [1.165, 1.54) is 12.1 Å². The standard InChI is InChI=1S/C20H21F3N6/c21-20(22,23)15-1-3-17(4-2-15)29-19(14-5-9-25-10-6-14)18(26-27-29)13-28-11-7-16(24)8-12-28/h1-6,9-10,16H,7-8,11-13,24H2. The van der Waals surface area contributed by atoms with Gasteiger partial charge in [-0.1, -0.05) is 5.21 Å². The zero-order chi connectivity index (χ0) is 20.4. The van der Waals surface area contributed by atoms with Gasteiger partial charge in [0.05, 0.1) is 16.9 Å². The van der Waals surface area contributed by atoms with Crippen molar-refractivity contribution in [3.8, 4) is 16.9 Å². The summed E-state index contributed by atoms with van der Waals surface area (Å²) < 4.78 is 40.3. The van der Waals surface area contributed by atoms with Crippen molar-refractivity contribution in [2.75, 3.05) is 13.1 Å². The summed E-state index contributed by atoms with van der Waals surface area (Å²) in [7, 11) is 0. The average molecular weight is 402 g/mol. The van der Waals surface area contributed by atoms with Crippen molar-refractivity contribution in [2.24, 2.45) is 5.73 Å². The van der Waals surface area contributed by atoms with Crippen LogP contribution in [0.1, 0.15) is 24.1 Å². The second kappa shape index (κ2) is 7.92. The number of pyridine rings is 1. The molecule has 29 heavy (non-hydrogen) atoms. The van der Waals surface area contributed by atoms with Crippen molar-refractivity contribution in [2.45, 2.75) is 31.6 Å². The number of benzene rings is 1. The van der Waals surface area contributed by atoms with Crippen LogP contribution in [0.2, 0.25) is 0 Å². The molecule has 4 rings (SSSR count). The molecule has 6 nitrogen and oxygen atoms in total. The highest BCUT2D eigenvalue weighted by atomic mass is 19.4. The predicted octanol–water partition coefficient (Wildman–Crippen LogP) is 3.27. The second-order valence-corrected chi connectivity index (χ2v) is 7.19. The Kier molecular flexibility index (Phi) is 5.33. The van der Waals surface area contributed by atoms with Gasteiger partial charge in [0.2, 0.25) is 0 Å². The predicted molar refractivity (Wildman–Crippen MR) is 102 cm³/mol. The number of hydrogen-bond donors (Lipinski definition) is 1. The molecule has 0 atom stereocenters. The molecule has 1 saturated heterocycles. The summed E-state index contributed by atoms with van der Waals surface area (Å²) in [6.07, 6.45) is 0.816. The molecule has 1 aromatic carbocycles. The van der Waals surface area contributed by atoms with Crippen LogP contribution in [0, 0.1) is 0 Å². The maximum atomic E-state index is 12.9. The maximum Gasteiger partial charge on any atom is 0.416 e. The minimum Gasteiger partial charge on any atom is -0.328 e. The Labute approximate surface area is 166 Å². The number of nitrogens with zero attached hydrogens (tertiary/aromatic N) is 5. The molecule has 3 aromatic rings. The maximum absolute atomic E-state index is 12.9. The van der Waals surface area contributed by atoms with E-state index < -0.39 is 11.7 Å². The van der Waals surface area contributed by atoms with E-state index in [2.05, 4.69) is 20.2 Å². The molecule has 0 radical (unpaired) electrons. The van der Waals surface area contributed by atoms with Gasteiger partial charge in [0.1, 0.15) is 5.69 Å². The number of alkyl halides is 3. The van der Waals surface area contributed by atoms with Gasteiger partial charge in [-0.3, -0.25) is 9.88 Å². The minimum atomic E-state index is -4.38. The van der Waals surface area contributed by atoms with Crippen LogP contribution in [-0.4, -0.2) is 44.0 Å². The van der Waals surface area contributed by atoms with Crippen molar-refractivity contribution in [3.05, 3.63) is 60.0 Å². The van der Waals surface area contributed by atoms with Crippen LogP contribution in [-0.2, 0) is 12.7 Å². The third-order valence-corrected chi connectivity index (χ3v) is 5.14. The fourth-order valence-electron chi connectivity index (χ4n) is 3.51. The van der Waals surface area contributed by atoms with Crippen LogP contribution in [0.3, 0.4) is 0 Å². The number of aromatic nitrogens is 4. The number of halogens is 3. The van der Waals surface area contributed by atoms with Crippen LogP contribution < -0.4 is 5.73 Å². The second-order valence-electron chi connectivity index (χ2n) is 7.19. The van der Waals surface area contributed by atoms with Gasteiger partial charge in [-0.25, -0.2) is 4.68 Å². The SMILES string of the molecule is NC1CCN(Cc2nnn(-c3ccc(C(F)(F)F)cc3)c2-c2ccncc2)CC1. The fraction of sp³-hybridized carbons (Fsp3) is 0.350. The van der Waals surface area contributed by atoms with Crippen molar-refractivity contribution in [3.63, 3.8) is 0 Å². The van der Waals surface area contributed by atoms with Gasteiger partial charge in [0.15, 0.2) is 0 Å². The Morgan fingerprint density at radius 2 is 1.66 bits per heavy atom. The van der Waals surface area contributed by atoms with Gasteiger partial charge >= 0.3 is 6.18 Å². The molecular formula is C20H21F3N6. The van der Waals surface area contributed by atoms with E-state index in [1.807, 2.05) is 12.1 Å². The topological polar surface area (TPSA) is 72.9 Å². The van der Waals surface area contributed by atoms with Gasteiger partial charge in [-0.15, -0.1) is 5.10 Å². The highest BCUT2D eigenvalue weighted by molar-refractivity contribution is 5.63. The van der Waals surface area contributed by atoms with Crippen LogP contribution in [0.25, 0.3) is 16.9 Å². The van der Waals surface area contributed by atoms with Crippen molar-refractivity contribution in [1.82, 2.24) is 24.9 Å².